The summed E-state index contributed by atoms with van der Waals surface area (Å²) in [5.74, 6) is -1.27. The van der Waals surface area contributed by atoms with E-state index in [1.165, 1.54) is 0 Å². The average Bonchev–Trinajstić information content (AvgIpc) is 2.31. The zero-order valence-electron chi connectivity index (χ0n) is 8.76. The Morgan fingerprint density at radius 3 is 2.12 bits per heavy atom. The zero-order valence-corrected chi connectivity index (χ0v) is 8.76. The highest BCUT2D eigenvalue weighted by atomic mass is 16.6. The standard InChI is InChI=1S/C8H15NO8/c9-8(16)17-2-4(12)6(14)7(15)5(13)3(11)1-10/h3-5,7,10-13,15H,1-2H2,(H2,9,16)/t3-,4-,5-,7+/m1/s1. The molecule has 0 aliphatic carbocycles. The Bertz CT molecular complexity index is 270. The molecule has 9 heteroatoms. The van der Waals surface area contributed by atoms with Gasteiger partial charge >= 0.3 is 6.09 Å². The SMILES string of the molecule is NC(=O)OC[C@@H](O)C(=O)[C@@H](O)[C@H](O)[C@H](O)CO. The maximum Gasteiger partial charge on any atom is 0.404 e. The van der Waals surface area contributed by atoms with Crippen LogP contribution in [0.4, 0.5) is 4.79 Å². The molecular formula is C8H15NO8. The van der Waals surface area contributed by atoms with Crippen molar-refractivity contribution >= 4 is 11.9 Å². The molecule has 0 rings (SSSR count). The van der Waals surface area contributed by atoms with E-state index in [4.69, 9.17) is 20.4 Å². The van der Waals surface area contributed by atoms with E-state index in [-0.39, 0.29) is 0 Å². The number of nitrogens with two attached hydrogens (primary N) is 1. The van der Waals surface area contributed by atoms with E-state index < -0.39 is 49.5 Å². The Labute approximate surface area is 96.0 Å². The number of primary amides is 1. The number of carbonyl (C=O) groups is 2. The highest BCUT2D eigenvalue weighted by molar-refractivity contribution is 5.87. The second-order valence-corrected chi connectivity index (χ2v) is 3.23. The van der Waals surface area contributed by atoms with E-state index in [1.807, 2.05) is 0 Å². The molecule has 0 saturated carbocycles. The summed E-state index contributed by atoms with van der Waals surface area (Å²) in [6.07, 6.45) is -8.93. The zero-order chi connectivity index (χ0) is 13.6. The third-order valence-corrected chi connectivity index (χ3v) is 1.91. The van der Waals surface area contributed by atoms with Gasteiger partial charge in [-0.2, -0.15) is 0 Å². The van der Waals surface area contributed by atoms with Gasteiger partial charge in [0.15, 0.2) is 5.78 Å². The van der Waals surface area contributed by atoms with Crippen molar-refractivity contribution in [2.75, 3.05) is 13.2 Å². The molecule has 1 amide bonds. The van der Waals surface area contributed by atoms with E-state index in [0.717, 1.165) is 0 Å². The number of carbonyl (C=O) groups excluding carboxylic acids is 2. The third-order valence-electron chi connectivity index (χ3n) is 1.91. The average molecular weight is 253 g/mol. The van der Waals surface area contributed by atoms with Crippen LogP contribution in [-0.4, -0.2) is 75.0 Å². The van der Waals surface area contributed by atoms with Crippen LogP contribution in [0.1, 0.15) is 0 Å². The monoisotopic (exact) mass is 253 g/mol. The van der Waals surface area contributed by atoms with Gasteiger partial charge < -0.3 is 36.0 Å². The summed E-state index contributed by atoms with van der Waals surface area (Å²) in [6.45, 7) is -1.66. The van der Waals surface area contributed by atoms with Crippen molar-refractivity contribution in [3.63, 3.8) is 0 Å². The molecule has 9 nitrogen and oxygen atoms in total. The van der Waals surface area contributed by atoms with Gasteiger partial charge in [-0.25, -0.2) is 4.79 Å². The van der Waals surface area contributed by atoms with Crippen LogP contribution in [0.3, 0.4) is 0 Å². The van der Waals surface area contributed by atoms with Crippen LogP contribution in [0.5, 0.6) is 0 Å². The van der Waals surface area contributed by atoms with Crippen LogP contribution < -0.4 is 5.73 Å². The largest absolute Gasteiger partial charge is 0.446 e. The molecule has 0 aliphatic rings. The molecule has 0 fully saturated rings. The maximum atomic E-state index is 11.2. The van der Waals surface area contributed by atoms with E-state index >= 15 is 0 Å². The van der Waals surface area contributed by atoms with E-state index in [0.29, 0.717) is 0 Å². The van der Waals surface area contributed by atoms with Crippen LogP contribution in [-0.2, 0) is 9.53 Å². The lowest BCUT2D eigenvalue weighted by Gasteiger charge is -2.22. The van der Waals surface area contributed by atoms with Gasteiger partial charge in [0.05, 0.1) is 6.61 Å². The van der Waals surface area contributed by atoms with E-state index in [2.05, 4.69) is 10.5 Å². The number of hydrogen-bond donors (Lipinski definition) is 6. The molecule has 4 atom stereocenters. The topological polar surface area (TPSA) is 171 Å². The van der Waals surface area contributed by atoms with Crippen LogP contribution in [0.25, 0.3) is 0 Å². The Kier molecular flexibility index (Phi) is 6.61. The number of ether oxygens (including phenoxy) is 1. The highest BCUT2D eigenvalue weighted by Crippen LogP contribution is 2.04. The number of hydrogen-bond acceptors (Lipinski definition) is 8. The van der Waals surface area contributed by atoms with Crippen molar-refractivity contribution in [1.29, 1.82) is 0 Å². The molecule has 0 spiro atoms. The maximum absolute atomic E-state index is 11.2. The summed E-state index contributed by atoms with van der Waals surface area (Å²) in [5.41, 5.74) is 4.58. The smallest absolute Gasteiger partial charge is 0.404 e. The van der Waals surface area contributed by atoms with E-state index in [1.54, 1.807) is 0 Å². The molecule has 0 aliphatic heterocycles. The van der Waals surface area contributed by atoms with Crippen LogP contribution in [0.15, 0.2) is 0 Å². The van der Waals surface area contributed by atoms with Crippen molar-refractivity contribution in [3.8, 4) is 0 Å². The van der Waals surface area contributed by atoms with Crippen molar-refractivity contribution < 1.29 is 39.9 Å². The van der Waals surface area contributed by atoms with Crippen LogP contribution in [0, 0.1) is 0 Å². The Morgan fingerprint density at radius 2 is 1.71 bits per heavy atom. The number of Topliss-reactive ketones (excluding diaryl/α,β-unsaturated/α-hetero) is 1. The number of aliphatic hydroxyl groups is 5. The summed E-state index contributed by atoms with van der Waals surface area (Å²) < 4.78 is 4.10. The van der Waals surface area contributed by atoms with Gasteiger partial charge in [-0.05, 0) is 0 Å². The minimum atomic E-state index is -2.12. The number of ketones is 1. The predicted molar refractivity (Wildman–Crippen MR) is 51.7 cm³/mol. The first-order valence-electron chi connectivity index (χ1n) is 4.60. The van der Waals surface area contributed by atoms with Gasteiger partial charge in [-0.3, -0.25) is 4.79 Å². The molecule has 7 N–H and O–H groups in total. The van der Waals surface area contributed by atoms with Gasteiger partial charge in [0.25, 0.3) is 0 Å². The Morgan fingerprint density at radius 1 is 1.18 bits per heavy atom. The van der Waals surface area contributed by atoms with Crippen LogP contribution >= 0.6 is 0 Å². The molecule has 0 aromatic rings. The number of rotatable bonds is 7. The lowest BCUT2D eigenvalue weighted by molar-refractivity contribution is -0.150. The van der Waals surface area contributed by atoms with Gasteiger partial charge in [-0.1, -0.05) is 0 Å². The summed E-state index contributed by atoms with van der Waals surface area (Å²) in [6, 6.07) is 0. The predicted octanol–water partition coefficient (Wildman–Crippen LogP) is -3.91. The molecule has 0 saturated heterocycles. The summed E-state index contributed by atoms with van der Waals surface area (Å²) in [4.78, 5) is 21.4. The molecular weight excluding hydrogens is 238 g/mol. The lowest BCUT2D eigenvalue weighted by Crippen LogP contribution is -2.48. The second kappa shape index (κ2) is 7.14. The van der Waals surface area contributed by atoms with Crippen molar-refractivity contribution in [2.24, 2.45) is 5.73 Å². The lowest BCUT2D eigenvalue weighted by atomic mass is 10.0. The molecule has 100 valence electrons. The van der Waals surface area contributed by atoms with Crippen molar-refractivity contribution in [2.45, 2.75) is 24.4 Å². The quantitative estimate of drug-likeness (QED) is 0.267. The first-order chi connectivity index (χ1) is 7.81. The summed E-state index contributed by atoms with van der Waals surface area (Å²) >= 11 is 0. The van der Waals surface area contributed by atoms with Crippen LogP contribution in [0.2, 0.25) is 0 Å². The first-order valence-corrected chi connectivity index (χ1v) is 4.60. The Hall–Kier alpha value is -1.26. The Balaban J connectivity index is 4.33. The van der Waals surface area contributed by atoms with Gasteiger partial charge in [-0.15, -0.1) is 0 Å². The van der Waals surface area contributed by atoms with Crippen molar-refractivity contribution in [1.82, 2.24) is 0 Å². The fraction of sp³-hybridized carbons (Fsp3) is 0.750. The molecule has 0 aromatic heterocycles. The first kappa shape index (κ1) is 15.7. The minimum absolute atomic E-state index is 0.785. The molecule has 0 heterocycles. The minimum Gasteiger partial charge on any atom is -0.446 e. The fourth-order valence-electron chi connectivity index (χ4n) is 0.927. The molecule has 0 unspecified atom stereocenters. The van der Waals surface area contributed by atoms with E-state index in [9.17, 15) is 14.7 Å². The normalized spacial score (nSPS) is 17.9. The molecule has 17 heavy (non-hydrogen) atoms. The fourth-order valence-corrected chi connectivity index (χ4v) is 0.927. The second-order valence-electron chi connectivity index (χ2n) is 3.23. The van der Waals surface area contributed by atoms with Crippen molar-refractivity contribution in [3.05, 3.63) is 0 Å². The third kappa shape index (κ3) is 5.06. The summed E-state index contributed by atoms with van der Waals surface area (Å²) in [5, 5.41) is 44.9. The van der Waals surface area contributed by atoms with Gasteiger partial charge in [0.2, 0.25) is 0 Å². The molecule has 0 aromatic carbocycles. The summed E-state index contributed by atoms with van der Waals surface area (Å²) in [7, 11) is 0. The van der Waals surface area contributed by atoms with Gasteiger partial charge in [0.1, 0.15) is 31.0 Å². The number of amides is 1. The highest BCUT2D eigenvalue weighted by Gasteiger charge is 2.33. The number of aliphatic hydroxyl groups excluding tert-OH is 5. The molecule has 0 radical (unpaired) electrons. The molecule has 0 bridgehead atoms. The van der Waals surface area contributed by atoms with Gasteiger partial charge in [0, 0.05) is 0 Å².